The Kier molecular flexibility index (Phi) is 4.36. The third kappa shape index (κ3) is 3.48. The zero-order valence-corrected chi connectivity index (χ0v) is 11.4. The number of rotatable bonds is 3. The molecule has 3 rings (SSSR count). The minimum Gasteiger partial charge on any atom is -0.490 e. The quantitative estimate of drug-likeness (QED) is 0.907. The zero-order valence-electron chi connectivity index (χ0n) is 11.4. The number of hydrogen-bond donors (Lipinski definition) is 1. The summed E-state index contributed by atoms with van der Waals surface area (Å²) < 4.78 is 11.3. The molecule has 1 aromatic rings. The lowest BCUT2D eigenvalue weighted by Crippen LogP contribution is -2.27. The summed E-state index contributed by atoms with van der Waals surface area (Å²) in [5.41, 5.74) is 1.39. The van der Waals surface area contributed by atoms with Crippen LogP contribution in [-0.4, -0.2) is 25.9 Å². The first-order chi connectivity index (χ1) is 9.42. The van der Waals surface area contributed by atoms with E-state index in [1.54, 1.807) is 0 Å². The second kappa shape index (κ2) is 6.40. The molecule has 3 heteroatoms. The molecule has 2 saturated heterocycles. The van der Waals surface area contributed by atoms with E-state index in [1.807, 2.05) is 0 Å². The van der Waals surface area contributed by atoms with Crippen molar-refractivity contribution in [1.82, 2.24) is 5.32 Å². The van der Waals surface area contributed by atoms with Crippen molar-refractivity contribution in [2.24, 2.45) is 0 Å². The van der Waals surface area contributed by atoms with Crippen molar-refractivity contribution in [3.63, 3.8) is 0 Å². The summed E-state index contributed by atoms with van der Waals surface area (Å²) in [6.45, 7) is 2.80. The van der Waals surface area contributed by atoms with Gasteiger partial charge in [-0.1, -0.05) is 18.6 Å². The molecule has 2 heterocycles. The molecule has 0 bridgehead atoms. The first-order valence-corrected chi connectivity index (χ1v) is 7.49. The Morgan fingerprint density at radius 3 is 2.47 bits per heavy atom. The van der Waals surface area contributed by atoms with E-state index in [2.05, 4.69) is 29.6 Å². The van der Waals surface area contributed by atoms with Crippen molar-refractivity contribution in [3.05, 3.63) is 29.8 Å². The highest BCUT2D eigenvalue weighted by atomic mass is 16.5. The van der Waals surface area contributed by atoms with Gasteiger partial charge in [0.25, 0.3) is 0 Å². The summed E-state index contributed by atoms with van der Waals surface area (Å²) >= 11 is 0. The van der Waals surface area contributed by atoms with E-state index in [9.17, 15) is 0 Å². The van der Waals surface area contributed by atoms with E-state index in [0.717, 1.165) is 38.3 Å². The lowest BCUT2D eigenvalue weighted by atomic mass is 9.97. The van der Waals surface area contributed by atoms with Crippen molar-refractivity contribution < 1.29 is 9.47 Å². The van der Waals surface area contributed by atoms with Crippen molar-refractivity contribution in [2.75, 3.05) is 19.8 Å². The van der Waals surface area contributed by atoms with Gasteiger partial charge in [0.15, 0.2) is 0 Å². The van der Waals surface area contributed by atoms with E-state index >= 15 is 0 Å². The van der Waals surface area contributed by atoms with Gasteiger partial charge in [0.1, 0.15) is 11.9 Å². The monoisotopic (exact) mass is 261 g/mol. The number of nitrogens with one attached hydrogen (secondary N) is 1. The average molecular weight is 261 g/mol. The van der Waals surface area contributed by atoms with Crippen LogP contribution in [0.2, 0.25) is 0 Å². The molecule has 1 aromatic carbocycles. The Balaban J connectivity index is 1.58. The van der Waals surface area contributed by atoms with Crippen LogP contribution >= 0.6 is 0 Å². The summed E-state index contributed by atoms with van der Waals surface area (Å²) in [7, 11) is 0. The molecule has 2 aliphatic rings. The maximum atomic E-state index is 6.00. The number of piperidine rings is 1. The third-order valence-electron chi connectivity index (χ3n) is 4.06. The molecule has 0 radical (unpaired) electrons. The van der Waals surface area contributed by atoms with Crippen molar-refractivity contribution in [2.45, 2.75) is 44.2 Å². The van der Waals surface area contributed by atoms with E-state index in [4.69, 9.17) is 9.47 Å². The highest BCUT2D eigenvalue weighted by molar-refractivity contribution is 5.29. The maximum Gasteiger partial charge on any atom is 0.119 e. The van der Waals surface area contributed by atoms with Crippen LogP contribution in [0.5, 0.6) is 5.75 Å². The maximum absolute atomic E-state index is 6.00. The molecule has 0 amide bonds. The van der Waals surface area contributed by atoms with Crippen LogP contribution in [0.15, 0.2) is 24.3 Å². The number of benzene rings is 1. The first-order valence-electron chi connectivity index (χ1n) is 7.49. The van der Waals surface area contributed by atoms with Crippen molar-refractivity contribution >= 4 is 0 Å². The van der Waals surface area contributed by atoms with Crippen LogP contribution in [0.1, 0.15) is 43.7 Å². The van der Waals surface area contributed by atoms with Crippen LogP contribution < -0.4 is 10.1 Å². The molecule has 3 nitrogen and oxygen atoms in total. The normalized spacial score (nSPS) is 25.2. The largest absolute Gasteiger partial charge is 0.490 e. The molecule has 19 heavy (non-hydrogen) atoms. The molecule has 0 aromatic heterocycles. The Hall–Kier alpha value is -1.06. The van der Waals surface area contributed by atoms with Gasteiger partial charge in [0, 0.05) is 18.9 Å². The molecular formula is C16H23NO2. The molecule has 104 valence electrons. The van der Waals surface area contributed by atoms with Gasteiger partial charge in [-0.05, 0) is 37.1 Å². The summed E-state index contributed by atoms with van der Waals surface area (Å²) in [5, 5.41) is 3.58. The molecule has 2 fully saturated rings. The van der Waals surface area contributed by atoms with Crippen LogP contribution in [-0.2, 0) is 4.74 Å². The van der Waals surface area contributed by atoms with E-state index in [1.165, 1.54) is 24.8 Å². The average Bonchev–Trinajstić information content (AvgIpc) is 2.50. The zero-order chi connectivity index (χ0) is 12.9. The van der Waals surface area contributed by atoms with E-state index in [-0.39, 0.29) is 0 Å². The topological polar surface area (TPSA) is 30.5 Å². The van der Waals surface area contributed by atoms with Crippen molar-refractivity contribution in [3.8, 4) is 5.75 Å². The Bertz CT molecular complexity index is 378. The summed E-state index contributed by atoms with van der Waals surface area (Å²) in [6.07, 6.45) is 6.23. The van der Waals surface area contributed by atoms with E-state index in [0.29, 0.717) is 12.1 Å². The highest BCUT2D eigenvalue weighted by Gasteiger charge is 2.17. The molecule has 1 atom stereocenters. The Labute approximate surface area is 115 Å². The van der Waals surface area contributed by atoms with Gasteiger partial charge in [-0.2, -0.15) is 0 Å². The molecule has 1 unspecified atom stereocenters. The Morgan fingerprint density at radius 1 is 1.00 bits per heavy atom. The molecule has 0 aliphatic carbocycles. The summed E-state index contributed by atoms with van der Waals surface area (Å²) in [5.74, 6) is 0.992. The molecular weight excluding hydrogens is 238 g/mol. The van der Waals surface area contributed by atoms with Gasteiger partial charge < -0.3 is 14.8 Å². The third-order valence-corrected chi connectivity index (χ3v) is 4.06. The van der Waals surface area contributed by atoms with Gasteiger partial charge >= 0.3 is 0 Å². The van der Waals surface area contributed by atoms with Crippen LogP contribution in [0.4, 0.5) is 0 Å². The SMILES string of the molecule is c1cc(C2CCCCN2)ccc1OC1CCOCC1. The van der Waals surface area contributed by atoms with Gasteiger partial charge in [-0.3, -0.25) is 0 Å². The minimum atomic E-state index is 0.326. The Morgan fingerprint density at radius 2 is 1.79 bits per heavy atom. The minimum absolute atomic E-state index is 0.326. The lowest BCUT2D eigenvalue weighted by molar-refractivity contribution is 0.0255. The predicted octanol–water partition coefficient (Wildman–Crippen LogP) is 3.06. The highest BCUT2D eigenvalue weighted by Crippen LogP contribution is 2.25. The van der Waals surface area contributed by atoms with Gasteiger partial charge in [-0.25, -0.2) is 0 Å². The first kappa shape index (κ1) is 12.9. The fraction of sp³-hybridized carbons (Fsp3) is 0.625. The summed E-state index contributed by atoms with van der Waals surface area (Å²) in [6, 6.07) is 9.17. The molecule has 0 saturated carbocycles. The van der Waals surface area contributed by atoms with Gasteiger partial charge in [0.2, 0.25) is 0 Å². The number of hydrogen-bond acceptors (Lipinski definition) is 3. The van der Waals surface area contributed by atoms with Crippen LogP contribution in [0, 0.1) is 0 Å². The molecule has 0 spiro atoms. The van der Waals surface area contributed by atoms with Gasteiger partial charge in [-0.15, -0.1) is 0 Å². The van der Waals surface area contributed by atoms with Crippen molar-refractivity contribution in [1.29, 1.82) is 0 Å². The predicted molar refractivity (Wildman–Crippen MR) is 75.5 cm³/mol. The molecule has 1 N–H and O–H groups in total. The molecule has 2 aliphatic heterocycles. The van der Waals surface area contributed by atoms with E-state index < -0.39 is 0 Å². The fourth-order valence-electron chi connectivity index (χ4n) is 2.90. The fourth-order valence-corrected chi connectivity index (χ4v) is 2.90. The smallest absolute Gasteiger partial charge is 0.119 e. The lowest BCUT2D eigenvalue weighted by Gasteiger charge is -2.25. The standard InChI is InChI=1S/C16H23NO2/c1-2-10-17-16(3-1)13-4-6-14(7-5-13)19-15-8-11-18-12-9-15/h4-7,15-17H,1-3,8-12H2. The second-order valence-electron chi connectivity index (χ2n) is 5.50. The van der Waals surface area contributed by atoms with Crippen LogP contribution in [0.25, 0.3) is 0 Å². The number of ether oxygens (including phenoxy) is 2. The van der Waals surface area contributed by atoms with Crippen LogP contribution in [0.3, 0.4) is 0 Å². The van der Waals surface area contributed by atoms with Gasteiger partial charge in [0.05, 0.1) is 13.2 Å². The summed E-state index contributed by atoms with van der Waals surface area (Å²) in [4.78, 5) is 0. The second-order valence-corrected chi connectivity index (χ2v) is 5.50.